The molecule has 1 aromatic carbocycles. The molecule has 2 N–H and O–H groups in total. The van der Waals surface area contributed by atoms with Gasteiger partial charge in [0.05, 0.1) is 25.3 Å². The highest BCUT2D eigenvalue weighted by Gasteiger charge is 2.15. The predicted molar refractivity (Wildman–Crippen MR) is 109 cm³/mol. The molecule has 27 heavy (non-hydrogen) atoms. The normalized spacial score (nSPS) is 14.9. The van der Waals surface area contributed by atoms with E-state index in [4.69, 9.17) is 16.3 Å². The molecule has 5 nitrogen and oxygen atoms in total. The summed E-state index contributed by atoms with van der Waals surface area (Å²) in [4.78, 5) is 18.5. The molecule has 0 saturated carbocycles. The van der Waals surface area contributed by atoms with Gasteiger partial charge in [0.25, 0.3) is 5.91 Å². The molecule has 2 heterocycles. The Bertz CT molecular complexity index is 754. The fourth-order valence-corrected chi connectivity index (χ4v) is 4.26. The summed E-state index contributed by atoms with van der Waals surface area (Å²) in [6.07, 6.45) is 2.68. The Hall–Kier alpha value is -1.60. The molecule has 1 saturated heterocycles. The first-order chi connectivity index (χ1) is 13.2. The smallest absolute Gasteiger partial charge is 0.254 e. The quantitative estimate of drug-likeness (QED) is 0.520. The predicted octanol–water partition coefficient (Wildman–Crippen LogP) is 2.06. The Morgan fingerprint density at radius 1 is 1.22 bits per heavy atom. The number of thioether (sulfide) groups is 1. The van der Waals surface area contributed by atoms with Crippen LogP contribution in [0.1, 0.15) is 22.3 Å². The monoisotopic (exact) mass is 406 g/mol. The number of nitrogens with zero attached hydrogens (tertiary/aromatic N) is 1. The lowest BCUT2D eigenvalue weighted by Gasteiger charge is -2.23. The van der Waals surface area contributed by atoms with Gasteiger partial charge in [-0.1, -0.05) is 29.8 Å². The van der Waals surface area contributed by atoms with Crippen molar-refractivity contribution in [1.82, 2.24) is 10.3 Å². The van der Waals surface area contributed by atoms with Gasteiger partial charge >= 0.3 is 0 Å². The molecule has 1 amide bonds. The zero-order chi connectivity index (χ0) is 18.9. The van der Waals surface area contributed by atoms with Gasteiger partial charge in [0, 0.05) is 29.9 Å². The maximum atomic E-state index is 12.6. The minimum atomic E-state index is -0.0678. The van der Waals surface area contributed by atoms with E-state index < -0.39 is 0 Å². The number of ether oxygens (including phenoxy) is 1. The van der Waals surface area contributed by atoms with E-state index in [0.717, 1.165) is 54.9 Å². The second-order valence-electron chi connectivity index (χ2n) is 6.46. The summed E-state index contributed by atoms with van der Waals surface area (Å²) in [6, 6.07) is 11.4. The first-order valence-corrected chi connectivity index (χ1v) is 10.6. The summed E-state index contributed by atoms with van der Waals surface area (Å²) in [5.41, 5.74) is 1.66. The van der Waals surface area contributed by atoms with E-state index in [1.54, 1.807) is 17.2 Å². The maximum Gasteiger partial charge on any atom is 0.254 e. The third-order valence-electron chi connectivity index (χ3n) is 4.53. The van der Waals surface area contributed by atoms with Crippen LogP contribution in [-0.4, -0.2) is 50.3 Å². The van der Waals surface area contributed by atoms with Crippen LogP contribution in [0, 0.1) is 0 Å². The van der Waals surface area contributed by atoms with Crippen LogP contribution in [0.2, 0.25) is 5.02 Å². The van der Waals surface area contributed by atoms with Gasteiger partial charge in [-0.2, -0.15) is 0 Å². The van der Waals surface area contributed by atoms with E-state index >= 15 is 0 Å². The van der Waals surface area contributed by atoms with Gasteiger partial charge in [-0.3, -0.25) is 4.79 Å². The van der Waals surface area contributed by atoms with Crippen LogP contribution >= 0.6 is 23.4 Å². The summed E-state index contributed by atoms with van der Waals surface area (Å²) in [5.74, 6) is 0.610. The number of benzene rings is 1. The van der Waals surface area contributed by atoms with Crippen molar-refractivity contribution < 1.29 is 14.4 Å². The highest BCUT2D eigenvalue weighted by atomic mass is 35.5. The summed E-state index contributed by atoms with van der Waals surface area (Å²) in [5, 5.41) is 4.49. The minimum absolute atomic E-state index is 0.0678. The van der Waals surface area contributed by atoms with Gasteiger partial charge in [0.1, 0.15) is 18.1 Å². The molecular formula is C20H25ClN3O2S+. The van der Waals surface area contributed by atoms with E-state index in [1.807, 2.05) is 30.3 Å². The van der Waals surface area contributed by atoms with Crippen molar-refractivity contribution in [3.63, 3.8) is 0 Å². The number of morpholine rings is 1. The second-order valence-corrected chi connectivity index (χ2v) is 7.83. The summed E-state index contributed by atoms with van der Waals surface area (Å²) < 4.78 is 5.37. The average molecular weight is 407 g/mol. The van der Waals surface area contributed by atoms with Gasteiger partial charge < -0.3 is 15.0 Å². The van der Waals surface area contributed by atoms with E-state index in [2.05, 4.69) is 10.3 Å². The Morgan fingerprint density at radius 2 is 2.04 bits per heavy atom. The van der Waals surface area contributed by atoms with Gasteiger partial charge in [-0.05, 0) is 23.8 Å². The molecule has 0 atom stereocenters. The number of quaternary nitrogens is 1. The molecule has 3 rings (SSSR count). The lowest BCUT2D eigenvalue weighted by atomic mass is 10.2. The van der Waals surface area contributed by atoms with E-state index in [9.17, 15) is 4.79 Å². The van der Waals surface area contributed by atoms with Crippen molar-refractivity contribution in [2.75, 3.05) is 39.4 Å². The number of carbonyl (C=O) groups excluding carboxylic acids is 1. The molecule has 1 aromatic heterocycles. The fraction of sp³-hybridized carbons (Fsp3) is 0.400. The lowest BCUT2D eigenvalue weighted by molar-refractivity contribution is -0.908. The van der Waals surface area contributed by atoms with Crippen LogP contribution in [0.3, 0.4) is 0 Å². The zero-order valence-electron chi connectivity index (χ0n) is 15.2. The molecule has 0 radical (unpaired) electrons. The number of aromatic nitrogens is 1. The van der Waals surface area contributed by atoms with E-state index in [1.165, 1.54) is 11.8 Å². The average Bonchev–Trinajstić information content (AvgIpc) is 2.71. The van der Waals surface area contributed by atoms with Gasteiger partial charge in [-0.15, -0.1) is 11.8 Å². The van der Waals surface area contributed by atoms with Crippen molar-refractivity contribution in [3.8, 4) is 0 Å². The zero-order valence-corrected chi connectivity index (χ0v) is 16.8. The SMILES string of the molecule is O=C(NCCC[NH+]1CCOCC1)c1cccnc1SCc1ccccc1Cl. The molecule has 0 unspecified atom stereocenters. The molecule has 1 aliphatic heterocycles. The van der Waals surface area contributed by atoms with Crippen molar-refractivity contribution in [2.45, 2.75) is 17.2 Å². The molecule has 0 aliphatic carbocycles. The van der Waals surface area contributed by atoms with Crippen LogP contribution in [0.25, 0.3) is 0 Å². The third-order valence-corrected chi connectivity index (χ3v) is 5.95. The minimum Gasteiger partial charge on any atom is -0.370 e. The number of nitrogens with one attached hydrogen (secondary N) is 2. The lowest BCUT2D eigenvalue weighted by Crippen LogP contribution is -3.14. The van der Waals surface area contributed by atoms with Gasteiger partial charge in [-0.25, -0.2) is 4.98 Å². The molecule has 2 aromatic rings. The van der Waals surface area contributed by atoms with Crippen molar-refractivity contribution >= 4 is 29.3 Å². The van der Waals surface area contributed by atoms with E-state index in [0.29, 0.717) is 17.9 Å². The Morgan fingerprint density at radius 3 is 2.85 bits per heavy atom. The summed E-state index contributed by atoms with van der Waals surface area (Å²) in [6.45, 7) is 5.52. The molecule has 144 valence electrons. The number of amides is 1. The molecule has 1 aliphatic rings. The molecule has 0 spiro atoms. The first-order valence-electron chi connectivity index (χ1n) is 9.25. The Kier molecular flexibility index (Phi) is 7.95. The molecule has 0 bridgehead atoms. The Labute approximate surface area is 169 Å². The summed E-state index contributed by atoms with van der Waals surface area (Å²) >= 11 is 7.75. The van der Waals surface area contributed by atoms with Crippen molar-refractivity contribution in [1.29, 1.82) is 0 Å². The number of hydrogen-bond donors (Lipinski definition) is 2. The molecular weight excluding hydrogens is 382 g/mol. The highest BCUT2D eigenvalue weighted by Crippen LogP contribution is 2.27. The van der Waals surface area contributed by atoms with Crippen LogP contribution in [0.4, 0.5) is 0 Å². The van der Waals surface area contributed by atoms with Crippen molar-refractivity contribution in [2.24, 2.45) is 0 Å². The van der Waals surface area contributed by atoms with Gasteiger partial charge in [0.2, 0.25) is 0 Å². The second kappa shape index (κ2) is 10.7. The molecule has 7 heteroatoms. The third kappa shape index (κ3) is 6.21. The number of rotatable bonds is 8. The number of pyridine rings is 1. The Balaban J connectivity index is 1.50. The fourth-order valence-electron chi connectivity index (χ4n) is 2.99. The first kappa shape index (κ1) is 20.1. The van der Waals surface area contributed by atoms with Crippen LogP contribution in [0.5, 0.6) is 0 Å². The topological polar surface area (TPSA) is 55.7 Å². The molecule has 1 fully saturated rings. The van der Waals surface area contributed by atoms with Crippen LogP contribution in [0.15, 0.2) is 47.6 Å². The number of carbonyl (C=O) groups is 1. The largest absolute Gasteiger partial charge is 0.370 e. The maximum absolute atomic E-state index is 12.6. The van der Waals surface area contributed by atoms with Crippen molar-refractivity contribution in [3.05, 3.63) is 58.7 Å². The summed E-state index contributed by atoms with van der Waals surface area (Å²) in [7, 11) is 0. The number of hydrogen-bond acceptors (Lipinski definition) is 4. The standard InChI is InChI=1S/C20H24ClN3O2S/c21-18-7-2-1-5-16(18)15-27-20-17(6-3-8-23-20)19(25)22-9-4-10-24-11-13-26-14-12-24/h1-3,5-8H,4,9-15H2,(H,22,25)/p+1. The van der Waals surface area contributed by atoms with Crippen LogP contribution in [-0.2, 0) is 10.5 Å². The van der Waals surface area contributed by atoms with Crippen LogP contribution < -0.4 is 10.2 Å². The number of halogens is 1. The van der Waals surface area contributed by atoms with E-state index in [-0.39, 0.29) is 5.91 Å². The van der Waals surface area contributed by atoms with Gasteiger partial charge in [0.15, 0.2) is 0 Å². The highest BCUT2D eigenvalue weighted by molar-refractivity contribution is 7.98.